The average molecular weight is 308 g/mol. The number of pyridine rings is 1. The average Bonchev–Trinajstić information content (AvgIpc) is 2.36. The summed E-state index contributed by atoms with van der Waals surface area (Å²) in [5.74, 6) is -2.45. The van der Waals surface area contributed by atoms with Gasteiger partial charge in [-0.15, -0.1) is 0 Å². The third kappa shape index (κ3) is 4.60. The number of aliphatic carboxylic acids is 1. The van der Waals surface area contributed by atoms with E-state index in [1.54, 1.807) is 0 Å². The van der Waals surface area contributed by atoms with Gasteiger partial charge in [0.25, 0.3) is 11.5 Å². The number of hydrogen-bond donors (Lipinski definition) is 4. The molecule has 0 fully saturated rings. The molecule has 1 aromatic heterocycles. The first-order valence-corrected chi connectivity index (χ1v) is 5.62. The molecule has 1 rings (SSSR count). The molecule has 0 spiro atoms. The molecule has 7 nitrogen and oxygen atoms in total. The number of aromatic nitrogens is 1. The lowest BCUT2D eigenvalue weighted by atomic mass is 10.2. The van der Waals surface area contributed by atoms with E-state index in [0.29, 0.717) is 12.1 Å². The molecule has 0 saturated heterocycles. The molecule has 4 N–H and O–H groups in total. The van der Waals surface area contributed by atoms with Crippen LogP contribution in [0, 0.1) is 0 Å². The predicted octanol–water partition coefficient (Wildman–Crippen LogP) is -0.0409. The molecule has 116 valence electrons. The zero-order valence-corrected chi connectivity index (χ0v) is 10.4. The number of aliphatic hydroxyl groups is 1. The van der Waals surface area contributed by atoms with Gasteiger partial charge in [0.1, 0.15) is 11.3 Å². The summed E-state index contributed by atoms with van der Waals surface area (Å²) in [6, 6.07) is 1.26. The van der Waals surface area contributed by atoms with Crippen molar-refractivity contribution >= 4 is 11.9 Å². The van der Waals surface area contributed by atoms with Gasteiger partial charge >= 0.3 is 12.1 Å². The molecule has 1 amide bonds. The van der Waals surface area contributed by atoms with Crippen LogP contribution in [0.4, 0.5) is 13.2 Å². The van der Waals surface area contributed by atoms with E-state index in [0.717, 1.165) is 0 Å². The van der Waals surface area contributed by atoms with Crippen LogP contribution in [0.1, 0.15) is 22.5 Å². The van der Waals surface area contributed by atoms with Crippen molar-refractivity contribution in [3.63, 3.8) is 0 Å². The molecule has 1 aromatic rings. The van der Waals surface area contributed by atoms with E-state index in [2.05, 4.69) is 5.32 Å². The molecule has 0 saturated carbocycles. The highest BCUT2D eigenvalue weighted by Gasteiger charge is 2.32. The van der Waals surface area contributed by atoms with Gasteiger partial charge in [-0.3, -0.25) is 9.59 Å². The van der Waals surface area contributed by atoms with Gasteiger partial charge in [-0.1, -0.05) is 0 Å². The first kappa shape index (κ1) is 16.7. The molecule has 1 unspecified atom stereocenters. The molecular weight excluding hydrogens is 297 g/mol. The fourth-order valence-electron chi connectivity index (χ4n) is 1.36. The van der Waals surface area contributed by atoms with Crippen molar-refractivity contribution in [1.29, 1.82) is 0 Å². The highest BCUT2D eigenvalue weighted by atomic mass is 19.4. The Hall–Kier alpha value is -2.36. The van der Waals surface area contributed by atoms with Crippen LogP contribution in [-0.2, 0) is 11.0 Å². The number of carbonyl (C=O) groups excluding carboxylic acids is 1. The van der Waals surface area contributed by atoms with E-state index in [9.17, 15) is 27.6 Å². The predicted molar refractivity (Wildman–Crippen MR) is 62.7 cm³/mol. The lowest BCUT2D eigenvalue weighted by molar-refractivity contribution is -0.146. The molecule has 0 aliphatic rings. The summed E-state index contributed by atoms with van der Waals surface area (Å²) in [5, 5.41) is 19.5. The highest BCUT2D eigenvalue weighted by Crippen LogP contribution is 2.26. The quantitative estimate of drug-likeness (QED) is 0.608. The van der Waals surface area contributed by atoms with Crippen LogP contribution in [0.25, 0.3) is 0 Å². The topological polar surface area (TPSA) is 119 Å². The SMILES string of the molecule is O=C(NCCC(O)C(=O)O)c1ccc(C(F)(F)F)[nH]c1=O. The van der Waals surface area contributed by atoms with Gasteiger partial charge in [0.15, 0.2) is 6.10 Å². The lowest BCUT2D eigenvalue weighted by Gasteiger charge is -2.09. The van der Waals surface area contributed by atoms with Gasteiger partial charge < -0.3 is 20.5 Å². The molecule has 21 heavy (non-hydrogen) atoms. The second kappa shape index (κ2) is 6.39. The molecule has 0 aromatic carbocycles. The first-order valence-electron chi connectivity index (χ1n) is 5.62. The Labute approximate surface area is 115 Å². The number of nitrogens with one attached hydrogen (secondary N) is 2. The van der Waals surface area contributed by atoms with Crippen molar-refractivity contribution in [1.82, 2.24) is 10.3 Å². The Balaban J connectivity index is 2.72. The molecule has 0 aliphatic carbocycles. The van der Waals surface area contributed by atoms with Gasteiger partial charge in [0, 0.05) is 13.0 Å². The van der Waals surface area contributed by atoms with E-state index in [1.807, 2.05) is 0 Å². The van der Waals surface area contributed by atoms with Gasteiger partial charge in [-0.05, 0) is 12.1 Å². The molecule has 10 heteroatoms. The smallest absolute Gasteiger partial charge is 0.431 e. The molecule has 0 bridgehead atoms. The number of carbonyl (C=O) groups is 2. The number of carboxylic acids is 1. The Kier molecular flexibility index (Phi) is 5.08. The van der Waals surface area contributed by atoms with Crippen LogP contribution >= 0.6 is 0 Å². The zero-order chi connectivity index (χ0) is 16.2. The number of carboxylic acid groups (broad SMARTS) is 1. The second-order valence-electron chi connectivity index (χ2n) is 4.01. The van der Waals surface area contributed by atoms with Crippen molar-refractivity contribution in [3.8, 4) is 0 Å². The normalized spacial score (nSPS) is 12.8. The Morgan fingerprint density at radius 2 is 1.95 bits per heavy atom. The van der Waals surface area contributed by atoms with E-state index in [1.165, 1.54) is 4.98 Å². The molecule has 0 radical (unpaired) electrons. The maximum atomic E-state index is 12.3. The second-order valence-corrected chi connectivity index (χ2v) is 4.01. The van der Waals surface area contributed by atoms with Crippen LogP contribution in [0.15, 0.2) is 16.9 Å². The van der Waals surface area contributed by atoms with Gasteiger partial charge in [0.05, 0.1) is 0 Å². The first-order chi connectivity index (χ1) is 9.62. The van der Waals surface area contributed by atoms with Gasteiger partial charge in [0.2, 0.25) is 0 Å². The molecule has 1 atom stereocenters. The number of alkyl halides is 3. The Morgan fingerprint density at radius 3 is 2.43 bits per heavy atom. The van der Waals surface area contributed by atoms with Crippen molar-refractivity contribution in [3.05, 3.63) is 33.7 Å². The number of hydrogen-bond acceptors (Lipinski definition) is 4. The summed E-state index contributed by atoms with van der Waals surface area (Å²) in [7, 11) is 0. The highest BCUT2D eigenvalue weighted by molar-refractivity contribution is 5.93. The van der Waals surface area contributed by atoms with Crippen molar-refractivity contribution in [2.45, 2.75) is 18.7 Å². The van der Waals surface area contributed by atoms with Crippen LogP contribution in [0.3, 0.4) is 0 Å². The number of amides is 1. The standard InChI is InChI=1S/C11H11F3N2O5/c12-11(13,14)7-2-1-5(9(19)16-7)8(18)15-4-3-6(17)10(20)21/h1-2,6,17H,3-4H2,(H,15,18)(H,16,19)(H,20,21). The Bertz CT molecular complexity index is 596. The minimum atomic E-state index is -4.74. The molecule has 0 aliphatic heterocycles. The van der Waals surface area contributed by atoms with E-state index in [-0.39, 0.29) is 13.0 Å². The number of aromatic amines is 1. The van der Waals surface area contributed by atoms with E-state index >= 15 is 0 Å². The van der Waals surface area contributed by atoms with E-state index < -0.39 is 41.0 Å². The maximum Gasteiger partial charge on any atom is 0.431 e. The van der Waals surface area contributed by atoms with Crippen molar-refractivity contribution in [2.24, 2.45) is 0 Å². The van der Waals surface area contributed by atoms with Crippen LogP contribution in [-0.4, -0.2) is 39.7 Å². The van der Waals surface area contributed by atoms with Crippen LogP contribution < -0.4 is 10.9 Å². The maximum absolute atomic E-state index is 12.3. The summed E-state index contributed by atoms with van der Waals surface area (Å²) in [4.78, 5) is 34.7. The summed E-state index contributed by atoms with van der Waals surface area (Å²) in [5.41, 5.74) is -3.06. The molecular formula is C11H11F3N2O5. The van der Waals surface area contributed by atoms with Gasteiger partial charge in [-0.25, -0.2) is 4.79 Å². The zero-order valence-electron chi connectivity index (χ0n) is 10.4. The number of aliphatic hydroxyl groups excluding tert-OH is 1. The lowest BCUT2D eigenvalue weighted by Crippen LogP contribution is -2.33. The van der Waals surface area contributed by atoms with E-state index in [4.69, 9.17) is 10.2 Å². The van der Waals surface area contributed by atoms with Crippen molar-refractivity contribution < 1.29 is 33.0 Å². The minimum absolute atomic E-state index is 0.257. The third-order valence-electron chi connectivity index (χ3n) is 2.45. The van der Waals surface area contributed by atoms with Crippen molar-refractivity contribution in [2.75, 3.05) is 6.54 Å². The fraction of sp³-hybridized carbons (Fsp3) is 0.364. The third-order valence-corrected chi connectivity index (χ3v) is 2.45. The minimum Gasteiger partial charge on any atom is -0.479 e. The van der Waals surface area contributed by atoms with Gasteiger partial charge in [-0.2, -0.15) is 13.2 Å². The largest absolute Gasteiger partial charge is 0.479 e. The number of halogens is 3. The summed E-state index contributed by atoms with van der Waals surface area (Å²) < 4.78 is 36.9. The van der Waals surface area contributed by atoms with Crippen LogP contribution in [0.2, 0.25) is 0 Å². The Morgan fingerprint density at radius 1 is 1.33 bits per heavy atom. The van der Waals surface area contributed by atoms with Crippen LogP contribution in [0.5, 0.6) is 0 Å². The number of H-pyrrole nitrogens is 1. The number of rotatable bonds is 5. The summed E-state index contributed by atoms with van der Waals surface area (Å²) >= 11 is 0. The fourth-order valence-corrected chi connectivity index (χ4v) is 1.36. The summed E-state index contributed by atoms with van der Waals surface area (Å²) in [6.07, 6.45) is -6.73. The molecule has 1 heterocycles. The summed E-state index contributed by atoms with van der Waals surface area (Å²) in [6.45, 7) is -0.257. The monoisotopic (exact) mass is 308 g/mol.